The molecule has 1 rings (SSSR count). The second-order valence-corrected chi connectivity index (χ2v) is 4.95. The summed E-state index contributed by atoms with van der Waals surface area (Å²) in [4.78, 5) is 24.5. The lowest BCUT2D eigenvalue weighted by atomic mass is 10.0. The van der Waals surface area contributed by atoms with Gasteiger partial charge in [0.15, 0.2) is 0 Å². The van der Waals surface area contributed by atoms with Crippen molar-refractivity contribution in [3.8, 4) is 0 Å². The Bertz CT molecular complexity index is 464. The van der Waals surface area contributed by atoms with Crippen LogP contribution in [0.3, 0.4) is 0 Å². The molecule has 0 unspecified atom stereocenters. The third-order valence-corrected chi connectivity index (χ3v) is 3.44. The van der Waals surface area contributed by atoms with Crippen molar-refractivity contribution in [1.82, 2.24) is 15.5 Å². The van der Waals surface area contributed by atoms with Crippen LogP contribution in [0.25, 0.3) is 0 Å². The molecule has 2 amide bonds. The molecule has 116 valence electrons. The number of allylic oxidation sites excluding steroid dienone is 2. The van der Waals surface area contributed by atoms with Gasteiger partial charge in [-0.15, -0.1) is 0 Å². The first-order chi connectivity index (χ1) is 10.2. The van der Waals surface area contributed by atoms with Crippen LogP contribution in [-0.4, -0.2) is 43.9 Å². The average Bonchev–Trinajstić information content (AvgIpc) is 2.47. The number of nitrogens with zero attached hydrogens (tertiary/aromatic N) is 1. The topological polar surface area (TPSA) is 61.4 Å². The number of likely N-dealkylation sites (N-methyl/N-ethyl adjacent to an activating group) is 1. The zero-order valence-electron chi connectivity index (χ0n) is 13.1. The summed E-state index contributed by atoms with van der Waals surface area (Å²) in [5, 5.41) is 5.30. The molecular formula is C16H25N3O2. The fourth-order valence-corrected chi connectivity index (χ4v) is 2.49. The fourth-order valence-electron chi connectivity index (χ4n) is 2.49. The molecule has 0 aromatic rings. The molecule has 1 aliphatic heterocycles. The van der Waals surface area contributed by atoms with Gasteiger partial charge in [0.05, 0.1) is 0 Å². The number of hydrogen-bond donors (Lipinski definition) is 2. The van der Waals surface area contributed by atoms with Crippen LogP contribution in [0.15, 0.2) is 35.1 Å². The summed E-state index contributed by atoms with van der Waals surface area (Å²) in [6.07, 6.45) is 8.48. The number of hydrogen-bond acceptors (Lipinski definition) is 4. The van der Waals surface area contributed by atoms with Gasteiger partial charge in [-0.05, 0) is 25.3 Å². The van der Waals surface area contributed by atoms with E-state index in [2.05, 4.69) is 34.6 Å². The molecule has 1 heterocycles. The Morgan fingerprint density at radius 1 is 1.43 bits per heavy atom. The minimum absolute atomic E-state index is 0.299. The summed E-state index contributed by atoms with van der Waals surface area (Å²) < 4.78 is 0. The van der Waals surface area contributed by atoms with Crippen molar-refractivity contribution in [3.63, 3.8) is 0 Å². The highest BCUT2D eigenvalue weighted by atomic mass is 16.2. The quantitative estimate of drug-likeness (QED) is 0.549. The van der Waals surface area contributed by atoms with E-state index in [4.69, 9.17) is 0 Å². The fraction of sp³-hybridized carbons (Fsp3) is 0.500. The van der Waals surface area contributed by atoms with Crippen LogP contribution in [-0.2, 0) is 9.59 Å². The molecule has 5 nitrogen and oxygen atoms in total. The maximum Gasteiger partial charge on any atom is 0.255 e. The first kappa shape index (κ1) is 17.2. The lowest BCUT2D eigenvalue weighted by Crippen LogP contribution is -2.40. The van der Waals surface area contributed by atoms with Crippen LogP contribution < -0.4 is 10.6 Å². The SMILES string of the molecule is C/C=C\C(=C/CC)CN1CCC(C(=O)NC=O)=C(NC)C1. The Kier molecular flexibility index (Phi) is 7.46. The van der Waals surface area contributed by atoms with Crippen molar-refractivity contribution in [3.05, 3.63) is 35.1 Å². The smallest absolute Gasteiger partial charge is 0.255 e. The molecule has 0 fully saturated rings. The highest BCUT2D eigenvalue weighted by Crippen LogP contribution is 2.17. The normalized spacial score (nSPS) is 17.2. The third-order valence-electron chi connectivity index (χ3n) is 3.44. The van der Waals surface area contributed by atoms with Crippen molar-refractivity contribution in [1.29, 1.82) is 0 Å². The van der Waals surface area contributed by atoms with Crippen LogP contribution in [0.5, 0.6) is 0 Å². The van der Waals surface area contributed by atoms with Gasteiger partial charge in [-0.3, -0.25) is 19.8 Å². The average molecular weight is 291 g/mol. The standard InChI is InChI=1S/C16H25N3O2/c1-4-6-13(7-5-2)10-19-9-8-14(15(11-19)17-3)16(21)18-12-20/h4,6-7,12,17H,5,8-11H2,1-3H3,(H,18,20,21)/b6-4-,13-7+. The van der Waals surface area contributed by atoms with Crippen molar-refractivity contribution in [2.24, 2.45) is 0 Å². The molecule has 0 saturated heterocycles. The third kappa shape index (κ3) is 5.19. The van der Waals surface area contributed by atoms with E-state index in [1.165, 1.54) is 5.57 Å². The zero-order chi connectivity index (χ0) is 15.7. The van der Waals surface area contributed by atoms with Gasteiger partial charge in [0.2, 0.25) is 6.41 Å². The van der Waals surface area contributed by atoms with Crippen LogP contribution in [0.2, 0.25) is 0 Å². The predicted octanol–water partition coefficient (Wildman–Crippen LogP) is 1.35. The molecule has 0 aromatic carbocycles. The highest BCUT2D eigenvalue weighted by molar-refractivity contribution is 5.99. The van der Waals surface area contributed by atoms with Crippen LogP contribution in [0.4, 0.5) is 0 Å². The van der Waals surface area contributed by atoms with E-state index in [-0.39, 0.29) is 5.91 Å². The Morgan fingerprint density at radius 3 is 2.76 bits per heavy atom. The van der Waals surface area contributed by atoms with Crippen LogP contribution in [0, 0.1) is 0 Å². The predicted molar refractivity (Wildman–Crippen MR) is 84.5 cm³/mol. The molecule has 2 N–H and O–H groups in total. The van der Waals surface area contributed by atoms with Crippen LogP contribution in [0.1, 0.15) is 26.7 Å². The molecule has 0 aromatic heterocycles. The van der Waals surface area contributed by atoms with Gasteiger partial charge in [0.1, 0.15) is 0 Å². The number of carbonyl (C=O) groups is 2. The molecule has 0 atom stereocenters. The van der Waals surface area contributed by atoms with Gasteiger partial charge < -0.3 is 5.32 Å². The summed E-state index contributed by atoms with van der Waals surface area (Å²) in [5.41, 5.74) is 2.85. The zero-order valence-corrected chi connectivity index (χ0v) is 13.1. The number of nitrogens with one attached hydrogen (secondary N) is 2. The van der Waals surface area contributed by atoms with E-state index < -0.39 is 0 Å². The number of imide groups is 1. The van der Waals surface area contributed by atoms with Gasteiger partial charge in [0.25, 0.3) is 5.91 Å². The van der Waals surface area contributed by atoms with E-state index in [1.807, 2.05) is 20.0 Å². The highest BCUT2D eigenvalue weighted by Gasteiger charge is 2.22. The summed E-state index contributed by atoms with van der Waals surface area (Å²) in [6, 6.07) is 0. The first-order valence-electron chi connectivity index (χ1n) is 7.34. The summed E-state index contributed by atoms with van der Waals surface area (Å²) in [7, 11) is 1.81. The molecule has 1 aliphatic rings. The molecule has 21 heavy (non-hydrogen) atoms. The summed E-state index contributed by atoms with van der Waals surface area (Å²) >= 11 is 0. The van der Waals surface area contributed by atoms with E-state index in [0.717, 1.165) is 25.2 Å². The number of rotatable bonds is 7. The van der Waals surface area contributed by atoms with Gasteiger partial charge >= 0.3 is 0 Å². The monoisotopic (exact) mass is 291 g/mol. The van der Waals surface area contributed by atoms with Crippen LogP contribution >= 0.6 is 0 Å². The summed E-state index contributed by atoms with van der Waals surface area (Å²) in [6.45, 7) is 6.51. The molecular weight excluding hydrogens is 266 g/mol. The van der Waals surface area contributed by atoms with Gasteiger partial charge in [-0.25, -0.2) is 0 Å². The van der Waals surface area contributed by atoms with E-state index in [0.29, 0.717) is 24.9 Å². The Hall–Kier alpha value is -1.88. The minimum Gasteiger partial charge on any atom is -0.390 e. The molecule has 5 heteroatoms. The van der Waals surface area contributed by atoms with Gasteiger partial charge in [-0.1, -0.05) is 25.2 Å². The molecule has 0 spiro atoms. The maximum atomic E-state index is 11.8. The maximum absolute atomic E-state index is 11.8. The molecule has 0 bridgehead atoms. The Morgan fingerprint density at radius 2 is 2.19 bits per heavy atom. The van der Waals surface area contributed by atoms with Crippen molar-refractivity contribution in [2.75, 3.05) is 26.7 Å². The Balaban J connectivity index is 2.78. The first-order valence-corrected chi connectivity index (χ1v) is 7.34. The number of amides is 2. The van der Waals surface area contributed by atoms with Crippen molar-refractivity contribution >= 4 is 12.3 Å². The van der Waals surface area contributed by atoms with Gasteiger partial charge in [0, 0.05) is 38.0 Å². The van der Waals surface area contributed by atoms with Crippen molar-refractivity contribution < 1.29 is 9.59 Å². The van der Waals surface area contributed by atoms with E-state index >= 15 is 0 Å². The second-order valence-electron chi connectivity index (χ2n) is 4.95. The van der Waals surface area contributed by atoms with E-state index in [9.17, 15) is 9.59 Å². The van der Waals surface area contributed by atoms with Gasteiger partial charge in [-0.2, -0.15) is 0 Å². The largest absolute Gasteiger partial charge is 0.390 e. The van der Waals surface area contributed by atoms with Crippen molar-refractivity contribution in [2.45, 2.75) is 26.7 Å². The minimum atomic E-state index is -0.299. The second kappa shape index (κ2) is 9.13. The van der Waals surface area contributed by atoms with E-state index in [1.54, 1.807) is 0 Å². The molecule has 0 radical (unpaired) electrons. The number of carbonyl (C=O) groups excluding carboxylic acids is 2. The Labute approximate surface area is 126 Å². The lowest BCUT2D eigenvalue weighted by molar-refractivity contribution is -0.122. The lowest BCUT2D eigenvalue weighted by Gasteiger charge is -2.30. The molecule has 0 aliphatic carbocycles. The molecule has 0 saturated carbocycles. The summed E-state index contributed by atoms with van der Waals surface area (Å²) in [5.74, 6) is -0.299.